The molecule has 0 bridgehead atoms. The predicted molar refractivity (Wildman–Crippen MR) is 112 cm³/mol. The second-order valence-corrected chi connectivity index (χ2v) is 9.98. The van der Waals surface area contributed by atoms with Crippen molar-refractivity contribution in [3.63, 3.8) is 0 Å². The molecule has 10 nitrogen and oxygen atoms in total. The summed E-state index contributed by atoms with van der Waals surface area (Å²) in [5.74, 6) is -0.0271. The van der Waals surface area contributed by atoms with E-state index in [0.717, 1.165) is 0 Å². The lowest BCUT2D eigenvalue weighted by Gasteiger charge is -2.10. The van der Waals surface area contributed by atoms with Crippen molar-refractivity contribution in [3.8, 4) is 0 Å². The Balaban J connectivity index is 1.80. The summed E-state index contributed by atoms with van der Waals surface area (Å²) in [6, 6.07) is 7.06. The molecule has 0 aliphatic rings. The Bertz CT molecular complexity index is 1260. The number of nitrogens with zero attached hydrogens (tertiary/aromatic N) is 4. The van der Waals surface area contributed by atoms with Crippen LogP contribution in [0.4, 0.5) is 11.6 Å². The van der Waals surface area contributed by atoms with Crippen molar-refractivity contribution in [2.75, 3.05) is 9.44 Å². The van der Waals surface area contributed by atoms with Crippen molar-refractivity contribution in [1.82, 2.24) is 19.7 Å². The predicted octanol–water partition coefficient (Wildman–Crippen LogP) is 2.22. The number of hydrogen-bond donors (Lipinski definition) is 2. The molecule has 0 radical (unpaired) electrons. The molecule has 0 aliphatic heterocycles. The van der Waals surface area contributed by atoms with E-state index in [2.05, 4.69) is 24.5 Å². The first-order valence-corrected chi connectivity index (χ1v) is 12.0. The van der Waals surface area contributed by atoms with Crippen LogP contribution in [0.1, 0.15) is 24.0 Å². The molecule has 0 saturated carbocycles. The van der Waals surface area contributed by atoms with Gasteiger partial charge in [0, 0.05) is 29.8 Å². The number of sulfonamides is 2. The highest BCUT2D eigenvalue weighted by Crippen LogP contribution is 2.21. The van der Waals surface area contributed by atoms with E-state index in [4.69, 9.17) is 0 Å². The lowest BCUT2D eigenvalue weighted by Crippen LogP contribution is -2.16. The second kappa shape index (κ2) is 8.03. The normalized spacial score (nSPS) is 12.0. The van der Waals surface area contributed by atoms with Crippen molar-refractivity contribution in [3.05, 3.63) is 53.6 Å². The van der Waals surface area contributed by atoms with Crippen LogP contribution in [0.5, 0.6) is 0 Å². The Kier molecular flexibility index (Phi) is 5.81. The van der Waals surface area contributed by atoms with Crippen molar-refractivity contribution < 1.29 is 16.8 Å². The Hall–Kier alpha value is -2.99. The third-order valence-corrected chi connectivity index (χ3v) is 6.97. The van der Waals surface area contributed by atoms with Gasteiger partial charge in [0.1, 0.15) is 4.90 Å². The van der Waals surface area contributed by atoms with Crippen LogP contribution in [0.15, 0.2) is 46.3 Å². The van der Waals surface area contributed by atoms with Crippen LogP contribution in [0.3, 0.4) is 0 Å². The Morgan fingerprint density at radius 2 is 1.50 bits per heavy atom. The van der Waals surface area contributed by atoms with Crippen molar-refractivity contribution in [2.24, 2.45) is 0 Å². The van der Waals surface area contributed by atoms with Gasteiger partial charge < -0.3 is 0 Å². The highest BCUT2D eigenvalue weighted by atomic mass is 32.2. The number of benzene rings is 1. The van der Waals surface area contributed by atoms with Gasteiger partial charge in [0.25, 0.3) is 20.0 Å². The quantitative estimate of drug-likeness (QED) is 0.563. The first kappa shape index (κ1) is 21.7. The van der Waals surface area contributed by atoms with Gasteiger partial charge in [-0.2, -0.15) is 5.10 Å². The molecule has 1 aromatic carbocycles. The highest BCUT2D eigenvalue weighted by molar-refractivity contribution is 7.93. The largest absolute Gasteiger partial charge is 0.280 e. The van der Waals surface area contributed by atoms with Gasteiger partial charge >= 0.3 is 0 Å². The molecule has 3 aromatic rings. The van der Waals surface area contributed by atoms with Gasteiger partial charge in [0.15, 0.2) is 0 Å². The summed E-state index contributed by atoms with van der Waals surface area (Å²) in [5, 5.41) is 4.13. The highest BCUT2D eigenvalue weighted by Gasteiger charge is 2.21. The van der Waals surface area contributed by atoms with Crippen LogP contribution in [0.25, 0.3) is 0 Å². The van der Waals surface area contributed by atoms with Crippen molar-refractivity contribution in [1.29, 1.82) is 0 Å². The second-order valence-electron chi connectivity index (χ2n) is 6.64. The number of anilines is 2. The minimum absolute atomic E-state index is 0.0271. The molecule has 0 atom stereocenters. The van der Waals surface area contributed by atoms with Gasteiger partial charge in [0.2, 0.25) is 5.95 Å². The molecule has 30 heavy (non-hydrogen) atoms. The lowest BCUT2D eigenvalue weighted by molar-refractivity contribution is 0.599. The van der Waals surface area contributed by atoms with E-state index in [9.17, 15) is 16.8 Å². The molecule has 2 aromatic heterocycles. The molecule has 0 saturated heterocycles. The minimum Gasteiger partial charge on any atom is -0.280 e. The first-order valence-electron chi connectivity index (χ1n) is 9.02. The van der Waals surface area contributed by atoms with Gasteiger partial charge in [-0.15, -0.1) is 0 Å². The Morgan fingerprint density at radius 3 is 2.03 bits per heavy atom. The van der Waals surface area contributed by atoms with Crippen LogP contribution >= 0.6 is 0 Å². The maximum Gasteiger partial charge on any atom is 0.265 e. The summed E-state index contributed by atoms with van der Waals surface area (Å²) in [6.07, 6.45) is 1.45. The summed E-state index contributed by atoms with van der Waals surface area (Å²) in [5.41, 5.74) is 1.86. The SMILES string of the molecule is CCn1cc(S(=O)(=O)Nc2ccc(S(=O)(=O)Nc3nc(C)cc(C)n3)cc2)c(C)n1. The third kappa shape index (κ3) is 4.76. The van der Waals surface area contributed by atoms with Gasteiger partial charge in [0.05, 0.1) is 10.6 Å². The average molecular weight is 451 g/mol. The summed E-state index contributed by atoms with van der Waals surface area (Å²) in [4.78, 5) is 8.13. The zero-order chi connectivity index (χ0) is 22.1. The average Bonchev–Trinajstić information content (AvgIpc) is 3.02. The van der Waals surface area contributed by atoms with E-state index >= 15 is 0 Å². The van der Waals surface area contributed by atoms with Crippen LogP contribution in [0.2, 0.25) is 0 Å². The molecule has 0 unspecified atom stereocenters. The fourth-order valence-corrected chi connectivity index (χ4v) is 4.98. The molecule has 2 heterocycles. The summed E-state index contributed by atoms with van der Waals surface area (Å²) in [7, 11) is -7.79. The van der Waals surface area contributed by atoms with Gasteiger partial charge in [-0.05, 0) is 58.0 Å². The van der Waals surface area contributed by atoms with Crippen LogP contribution in [0, 0.1) is 20.8 Å². The maximum absolute atomic E-state index is 12.6. The zero-order valence-electron chi connectivity index (χ0n) is 16.9. The van der Waals surface area contributed by atoms with Crippen LogP contribution in [-0.2, 0) is 26.6 Å². The third-order valence-electron chi connectivity index (χ3n) is 4.14. The van der Waals surface area contributed by atoms with E-state index in [0.29, 0.717) is 23.6 Å². The van der Waals surface area contributed by atoms with E-state index in [1.54, 1.807) is 26.8 Å². The smallest absolute Gasteiger partial charge is 0.265 e. The van der Waals surface area contributed by atoms with Crippen LogP contribution < -0.4 is 9.44 Å². The molecule has 0 aliphatic carbocycles. The Morgan fingerprint density at radius 1 is 0.900 bits per heavy atom. The van der Waals surface area contributed by atoms with Gasteiger partial charge in [-0.25, -0.2) is 31.5 Å². The fourth-order valence-electron chi connectivity index (χ4n) is 2.79. The topological polar surface area (TPSA) is 136 Å². The summed E-state index contributed by atoms with van der Waals surface area (Å²) in [6.45, 7) is 7.47. The fraction of sp³-hybridized carbons (Fsp3) is 0.278. The van der Waals surface area contributed by atoms with Gasteiger partial charge in [-0.1, -0.05) is 0 Å². The van der Waals surface area contributed by atoms with Crippen molar-refractivity contribution >= 4 is 31.7 Å². The molecular weight excluding hydrogens is 428 g/mol. The first-order chi connectivity index (χ1) is 14.0. The van der Waals surface area contributed by atoms with E-state index < -0.39 is 20.0 Å². The summed E-state index contributed by atoms with van der Waals surface area (Å²) < 4.78 is 56.7. The molecule has 3 rings (SSSR count). The van der Waals surface area contributed by atoms with E-state index in [1.165, 1.54) is 35.1 Å². The standard InChI is InChI=1S/C18H22N6O4S2/c1-5-24-11-17(14(4)21-24)30(27,28)22-15-6-8-16(9-7-15)29(25,26)23-18-19-12(2)10-13(3)20-18/h6-11,22H,5H2,1-4H3,(H,19,20,23). The molecule has 0 spiro atoms. The number of rotatable bonds is 7. The van der Waals surface area contributed by atoms with E-state index in [1.807, 2.05) is 6.92 Å². The minimum atomic E-state index is -3.93. The molecule has 160 valence electrons. The Labute approximate surface area is 175 Å². The molecule has 2 N–H and O–H groups in total. The number of aryl methyl sites for hydroxylation is 4. The molecule has 0 amide bonds. The summed E-state index contributed by atoms with van der Waals surface area (Å²) >= 11 is 0. The van der Waals surface area contributed by atoms with Crippen LogP contribution in [-0.4, -0.2) is 36.6 Å². The monoisotopic (exact) mass is 450 g/mol. The zero-order valence-corrected chi connectivity index (χ0v) is 18.5. The molecular formula is C18H22N6O4S2. The van der Waals surface area contributed by atoms with Gasteiger partial charge in [-0.3, -0.25) is 9.40 Å². The van der Waals surface area contributed by atoms with Crippen molar-refractivity contribution in [2.45, 2.75) is 44.0 Å². The lowest BCUT2D eigenvalue weighted by atomic mass is 10.3. The van der Waals surface area contributed by atoms with E-state index in [-0.39, 0.29) is 21.4 Å². The number of aromatic nitrogens is 4. The number of hydrogen-bond acceptors (Lipinski definition) is 7. The molecule has 0 fully saturated rings. The number of nitrogens with one attached hydrogen (secondary N) is 2. The molecule has 12 heteroatoms. The maximum atomic E-state index is 12.6.